The quantitative estimate of drug-likeness (QED) is 0.737. The van der Waals surface area contributed by atoms with E-state index in [2.05, 4.69) is 15.5 Å². The number of amides is 1. The molecule has 6 heteroatoms. The Morgan fingerprint density at radius 1 is 1.25 bits per heavy atom. The number of benzene rings is 1. The minimum atomic E-state index is -1.05. The van der Waals surface area contributed by atoms with Crippen molar-refractivity contribution in [2.45, 2.75) is 18.9 Å². The molecular weight excluding hydrogens is 258 g/mol. The van der Waals surface area contributed by atoms with E-state index in [9.17, 15) is 9.59 Å². The molecule has 1 unspecified atom stereocenters. The molecule has 0 aliphatic heterocycles. The first-order chi connectivity index (χ1) is 9.66. The highest BCUT2D eigenvalue weighted by Crippen LogP contribution is 2.06. The maximum Gasteiger partial charge on any atom is 0.326 e. The smallest absolute Gasteiger partial charge is 0.326 e. The van der Waals surface area contributed by atoms with E-state index in [0.717, 1.165) is 5.56 Å². The number of carboxylic acids is 1. The van der Waals surface area contributed by atoms with E-state index < -0.39 is 17.9 Å². The molecule has 1 aromatic heterocycles. The maximum absolute atomic E-state index is 11.8. The first-order valence-electron chi connectivity index (χ1n) is 6.24. The van der Waals surface area contributed by atoms with Crippen molar-refractivity contribution >= 4 is 11.9 Å². The lowest BCUT2D eigenvalue weighted by Gasteiger charge is -2.13. The monoisotopic (exact) mass is 273 g/mol. The number of nitrogens with zero attached hydrogens (tertiary/aromatic N) is 1. The van der Waals surface area contributed by atoms with E-state index in [1.54, 1.807) is 0 Å². The number of carbonyl (C=O) groups is 2. The van der Waals surface area contributed by atoms with Crippen molar-refractivity contribution in [2.75, 3.05) is 0 Å². The Hall–Kier alpha value is -2.63. The standard InChI is InChI=1S/C14H15N3O3/c18-13(11-8-9-15-17-11)16-12(14(19)20)7-6-10-4-2-1-3-5-10/h1-5,8-9,12H,6-7H2,(H,15,17)(H,16,18)(H,19,20). The van der Waals surface area contributed by atoms with Gasteiger partial charge in [-0.1, -0.05) is 30.3 Å². The zero-order valence-corrected chi connectivity index (χ0v) is 10.7. The molecule has 3 N–H and O–H groups in total. The molecule has 0 spiro atoms. The highest BCUT2D eigenvalue weighted by molar-refractivity contribution is 5.94. The lowest BCUT2D eigenvalue weighted by molar-refractivity contribution is -0.139. The lowest BCUT2D eigenvalue weighted by Crippen LogP contribution is -2.41. The number of carboxylic acid groups (broad SMARTS) is 1. The number of aliphatic carboxylic acids is 1. The van der Waals surface area contributed by atoms with E-state index in [-0.39, 0.29) is 5.69 Å². The van der Waals surface area contributed by atoms with Gasteiger partial charge in [0.2, 0.25) is 0 Å². The molecule has 0 fully saturated rings. The number of rotatable bonds is 6. The van der Waals surface area contributed by atoms with Crippen molar-refractivity contribution in [2.24, 2.45) is 0 Å². The summed E-state index contributed by atoms with van der Waals surface area (Å²) in [7, 11) is 0. The third kappa shape index (κ3) is 3.68. The second kappa shape index (κ2) is 6.51. The van der Waals surface area contributed by atoms with Crippen LogP contribution in [-0.4, -0.2) is 33.2 Å². The predicted octanol–water partition coefficient (Wildman–Crippen LogP) is 1.23. The van der Waals surface area contributed by atoms with E-state index in [1.165, 1.54) is 12.3 Å². The Bertz CT molecular complexity index is 567. The Labute approximate surface area is 115 Å². The average Bonchev–Trinajstić information content (AvgIpc) is 2.98. The SMILES string of the molecule is O=C(NC(CCc1ccccc1)C(=O)O)c1ccn[nH]1. The van der Waals surface area contributed by atoms with Crippen LogP contribution in [-0.2, 0) is 11.2 Å². The van der Waals surface area contributed by atoms with Crippen molar-refractivity contribution < 1.29 is 14.7 Å². The fourth-order valence-corrected chi connectivity index (χ4v) is 1.83. The maximum atomic E-state index is 11.8. The minimum absolute atomic E-state index is 0.246. The summed E-state index contributed by atoms with van der Waals surface area (Å²) in [4.78, 5) is 23.0. The highest BCUT2D eigenvalue weighted by Gasteiger charge is 2.20. The Morgan fingerprint density at radius 3 is 2.60 bits per heavy atom. The molecule has 0 aliphatic rings. The number of aromatic amines is 1. The number of carbonyl (C=O) groups excluding carboxylic acids is 1. The molecule has 0 saturated carbocycles. The van der Waals surface area contributed by atoms with Gasteiger partial charge in [-0.2, -0.15) is 5.10 Å². The van der Waals surface area contributed by atoms with Crippen LogP contribution in [0.1, 0.15) is 22.5 Å². The minimum Gasteiger partial charge on any atom is -0.480 e. The molecule has 104 valence electrons. The largest absolute Gasteiger partial charge is 0.480 e. The highest BCUT2D eigenvalue weighted by atomic mass is 16.4. The summed E-state index contributed by atoms with van der Waals surface area (Å²) in [6, 6.07) is 10.1. The van der Waals surface area contributed by atoms with E-state index in [0.29, 0.717) is 12.8 Å². The number of hydrogen-bond acceptors (Lipinski definition) is 3. The third-order valence-corrected chi connectivity index (χ3v) is 2.91. The van der Waals surface area contributed by atoms with Crippen molar-refractivity contribution in [3.8, 4) is 0 Å². The molecule has 1 aromatic carbocycles. The van der Waals surface area contributed by atoms with E-state index in [1.807, 2.05) is 30.3 Å². The predicted molar refractivity (Wildman–Crippen MR) is 72.2 cm³/mol. The molecular formula is C14H15N3O3. The van der Waals surface area contributed by atoms with Crippen molar-refractivity contribution in [1.82, 2.24) is 15.5 Å². The fourth-order valence-electron chi connectivity index (χ4n) is 1.83. The molecule has 0 radical (unpaired) electrons. The van der Waals surface area contributed by atoms with Crippen molar-refractivity contribution in [3.05, 3.63) is 53.9 Å². The normalized spacial score (nSPS) is 11.8. The van der Waals surface area contributed by atoms with Gasteiger partial charge < -0.3 is 10.4 Å². The van der Waals surface area contributed by atoms with E-state index >= 15 is 0 Å². The van der Waals surface area contributed by atoms with Crippen LogP contribution in [0.15, 0.2) is 42.6 Å². The van der Waals surface area contributed by atoms with E-state index in [4.69, 9.17) is 5.11 Å². The van der Waals surface area contributed by atoms with Gasteiger partial charge in [0.05, 0.1) is 0 Å². The molecule has 2 aromatic rings. The van der Waals surface area contributed by atoms with Gasteiger partial charge in [0, 0.05) is 6.20 Å². The molecule has 0 bridgehead atoms. The van der Waals surface area contributed by atoms with Crippen LogP contribution in [0, 0.1) is 0 Å². The van der Waals surface area contributed by atoms with Crippen LogP contribution in [0.4, 0.5) is 0 Å². The molecule has 1 heterocycles. The summed E-state index contributed by atoms with van der Waals surface area (Å²) >= 11 is 0. The summed E-state index contributed by atoms with van der Waals surface area (Å²) in [5.41, 5.74) is 1.28. The number of nitrogens with one attached hydrogen (secondary N) is 2. The first kappa shape index (κ1) is 13.8. The summed E-state index contributed by atoms with van der Waals surface area (Å²) in [5.74, 6) is -1.52. The number of hydrogen-bond donors (Lipinski definition) is 3. The van der Waals surface area contributed by atoms with Gasteiger partial charge in [-0.25, -0.2) is 4.79 Å². The Kier molecular flexibility index (Phi) is 4.49. The van der Waals surface area contributed by atoms with Crippen LogP contribution in [0.25, 0.3) is 0 Å². The molecule has 20 heavy (non-hydrogen) atoms. The zero-order chi connectivity index (χ0) is 14.4. The molecule has 0 aliphatic carbocycles. The van der Waals surface area contributed by atoms with Crippen molar-refractivity contribution in [3.63, 3.8) is 0 Å². The van der Waals surface area contributed by atoms with Crippen molar-refractivity contribution in [1.29, 1.82) is 0 Å². The summed E-state index contributed by atoms with van der Waals surface area (Å²) in [6.45, 7) is 0. The zero-order valence-electron chi connectivity index (χ0n) is 10.7. The Morgan fingerprint density at radius 2 is 2.00 bits per heavy atom. The van der Waals surface area contributed by atoms with Gasteiger partial charge >= 0.3 is 5.97 Å². The summed E-state index contributed by atoms with van der Waals surface area (Å²) in [6.07, 6.45) is 2.36. The molecule has 6 nitrogen and oxygen atoms in total. The summed E-state index contributed by atoms with van der Waals surface area (Å²) < 4.78 is 0. The van der Waals surface area contributed by atoms with Gasteiger partial charge in [0.25, 0.3) is 5.91 Å². The van der Waals surface area contributed by atoms with Crippen LogP contribution in [0.3, 0.4) is 0 Å². The molecule has 0 saturated heterocycles. The average molecular weight is 273 g/mol. The second-order valence-corrected chi connectivity index (χ2v) is 4.36. The van der Waals surface area contributed by atoms with Gasteiger partial charge in [0.1, 0.15) is 11.7 Å². The fraction of sp³-hybridized carbons (Fsp3) is 0.214. The molecule has 1 atom stereocenters. The van der Waals surface area contributed by atoms with Gasteiger partial charge in [0.15, 0.2) is 0 Å². The molecule has 2 rings (SSSR count). The van der Waals surface area contributed by atoms with Crippen LogP contribution >= 0.6 is 0 Å². The van der Waals surface area contributed by atoms with Gasteiger partial charge in [-0.3, -0.25) is 9.89 Å². The lowest BCUT2D eigenvalue weighted by atomic mass is 10.1. The van der Waals surface area contributed by atoms with Gasteiger partial charge in [-0.05, 0) is 24.5 Å². The van der Waals surface area contributed by atoms with Crippen LogP contribution < -0.4 is 5.32 Å². The number of H-pyrrole nitrogens is 1. The molecule has 1 amide bonds. The first-order valence-corrected chi connectivity index (χ1v) is 6.24. The van der Waals surface area contributed by atoms with Gasteiger partial charge in [-0.15, -0.1) is 0 Å². The number of aromatic nitrogens is 2. The number of aryl methyl sites for hydroxylation is 1. The second-order valence-electron chi connectivity index (χ2n) is 4.36. The summed E-state index contributed by atoms with van der Waals surface area (Å²) in [5, 5.41) is 17.8. The Balaban J connectivity index is 1.94. The van der Waals surface area contributed by atoms with Crippen LogP contribution in [0.5, 0.6) is 0 Å². The third-order valence-electron chi connectivity index (χ3n) is 2.91. The van der Waals surface area contributed by atoms with Crippen LogP contribution in [0.2, 0.25) is 0 Å². The topological polar surface area (TPSA) is 95.1 Å².